The van der Waals surface area contributed by atoms with Crippen LogP contribution in [0.2, 0.25) is 0 Å². The molecule has 108 valence electrons. The number of ether oxygens (including phenoxy) is 1. The van der Waals surface area contributed by atoms with Gasteiger partial charge in [0.25, 0.3) is 0 Å². The van der Waals surface area contributed by atoms with Crippen LogP contribution in [0.5, 0.6) is 0 Å². The predicted molar refractivity (Wildman–Crippen MR) is 80.2 cm³/mol. The summed E-state index contributed by atoms with van der Waals surface area (Å²) in [5.74, 6) is 1.09. The van der Waals surface area contributed by atoms with Crippen molar-refractivity contribution in [1.29, 1.82) is 0 Å². The summed E-state index contributed by atoms with van der Waals surface area (Å²) < 4.78 is 7.91. The van der Waals surface area contributed by atoms with Crippen LogP contribution in [0.15, 0.2) is 24.4 Å². The smallest absolute Gasteiger partial charge is 0.152 e. The van der Waals surface area contributed by atoms with Crippen molar-refractivity contribution < 1.29 is 4.74 Å². The van der Waals surface area contributed by atoms with Crippen LogP contribution >= 0.6 is 0 Å². The maximum absolute atomic E-state index is 5.74. The zero-order valence-corrected chi connectivity index (χ0v) is 12.2. The van der Waals surface area contributed by atoms with Crippen molar-refractivity contribution in [3.63, 3.8) is 0 Å². The third-order valence-corrected chi connectivity index (χ3v) is 3.70. The first kappa shape index (κ1) is 13.4. The van der Waals surface area contributed by atoms with E-state index in [1.165, 1.54) is 5.69 Å². The van der Waals surface area contributed by atoms with Crippen LogP contribution in [0.1, 0.15) is 19.0 Å². The van der Waals surface area contributed by atoms with Gasteiger partial charge in [0.05, 0.1) is 11.8 Å². The van der Waals surface area contributed by atoms with Crippen LogP contribution in [0.3, 0.4) is 0 Å². The first-order chi connectivity index (χ1) is 9.79. The SMILES string of the molecule is CNCc1c(N2CCCOC(C)C2)nc2ccccn12. The number of rotatable bonds is 3. The number of pyridine rings is 1. The van der Waals surface area contributed by atoms with Crippen molar-refractivity contribution in [2.24, 2.45) is 0 Å². The average molecular weight is 274 g/mol. The Bertz CT molecular complexity index is 580. The molecular formula is C15H22N4O. The third kappa shape index (κ3) is 2.51. The summed E-state index contributed by atoms with van der Waals surface area (Å²) in [5, 5.41) is 3.25. The summed E-state index contributed by atoms with van der Waals surface area (Å²) in [6.07, 6.45) is 3.39. The van der Waals surface area contributed by atoms with E-state index in [4.69, 9.17) is 9.72 Å². The quantitative estimate of drug-likeness (QED) is 0.924. The minimum Gasteiger partial charge on any atom is -0.377 e. The Labute approximate surface area is 119 Å². The second-order valence-corrected chi connectivity index (χ2v) is 5.32. The third-order valence-electron chi connectivity index (χ3n) is 3.70. The summed E-state index contributed by atoms with van der Waals surface area (Å²) >= 11 is 0. The molecule has 1 atom stereocenters. The Kier molecular flexibility index (Phi) is 3.89. The van der Waals surface area contributed by atoms with Crippen molar-refractivity contribution in [2.45, 2.75) is 26.0 Å². The number of aromatic nitrogens is 2. The maximum atomic E-state index is 5.74. The van der Waals surface area contributed by atoms with Gasteiger partial charge in [-0.1, -0.05) is 6.07 Å². The average Bonchev–Trinajstić information content (AvgIpc) is 2.67. The Morgan fingerprint density at radius 2 is 2.35 bits per heavy atom. The van der Waals surface area contributed by atoms with Gasteiger partial charge >= 0.3 is 0 Å². The number of nitrogens with zero attached hydrogens (tertiary/aromatic N) is 3. The number of fused-ring (bicyclic) bond motifs is 1. The maximum Gasteiger partial charge on any atom is 0.152 e. The molecule has 1 saturated heterocycles. The molecule has 5 nitrogen and oxygen atoms in total. The largest absolute Gasteiger partial charge is 0.377 e. The fraction of sp³-hybridized carbons (Fsp3) is 0.533. The van der Waals surface area contributed by atoms with Crippen LogP contribution in [0.4, 0.5) is 5.82 Å². The van der Waals surface area contributed by atoms with Crippen LogP contribution in [-0.2, 0) is 11.3 Å². The monoisotopic (exact) mass is 274 g/mol. The van der Waals surface area contributed by atoms with Crippen LogP contribution in [0, 0.1) is 0 Å². The number of imidazole rings is 1. The highest BCUT2D eigenvalue weighted by Crippen LogP contribution is 2.23. The summed E-state index contributed by atoms with van der Waals surface area (Å²) in [6.45, 7) is 5.69. The highest BCUT2D eigenvalue weighted by Gasteiger charge is 2.21. The number of hydrogen-bond acceptors (Lipinski definition) is 4. The zero-order valence-electron chi connectivity index (χ0n) is 12.2. The Morgan fingerprint density at radius 1 is 1.45 bits per heavy atom. The lowest BCUT2D eigenvalue weighted by atomic mass is 10.3. The van der Waals surface area contributed by atoms with E-state index < -0.39 is 0 Å². The van der Waals surface area contributed by atoms with E-state index in [1.54, 1.807) is 0 Å². The molecule has 0 aromatic carbocycles. The van der Waals surface area contributed by atoms with Gasteiger partial charge < -0.3 is 19.4 Å². The fourth-order valence-corrected chi connectivity index (χ4v) is 2.81. The van der Waals surface area contributed by atoms with Gasteiger partial charge in [0.2, 0.25) is 0 Å². The molecule has 3 heterocycles. The summed E-state index contributed by atoms with van der Waals surface area (Å²) in [5.41, 5.74) is 2.22. The van der Waals surface area contributed by atoms with Gasteiger partial charge in [-0.25, -0.2) is 4.98 Å². The molecule has 0 saturated carbocycles. The first-order valence-electron chi connectivity index (χ1n) is 7.26. The molecular weight excluding hydrogens is 252 g/mol. The van der Waals surface area contributed by atoms with E-state index in [0.717, 1.165) is 44.1 Å². The van der Waals surface area contributed by atoms with E-state index in [9.17, 15) is 0 Å². The van der Waals surface area contributed by atoms with Crippen molar-refractivity contribution >= 4 is 11.5 Å². The minimum absolute atomic E-state index is 0.254. The first-order valence-corrected chi connectivity index (χ1v) is 7.26. The summed E-state index contributed by atoms with van der Waals surface area (Å²) in [7, 11) is 1.97. The molecule has 5 heteroatoms. The lowest BCUT2D eigenvalue weighted by molar-refractivity contribution is 0.0820. The highest BCUT2D eigenvalue weighted by molar-refractivity contribution is 5.56. The van der Waals surface area contributed by atoms with Crippen LogP contribution in [0.25, 0.3) is 5.65 Å². The molecule has 0 spiro atoms. The molecule has 20 heavy (non-hydrogen) atoms. The zero-order chi connectivity index (χ0) is 13.9. The second-order valence-electron chi connectivity index (χ2n) is 5.32. The van der Waals surface area contributed by atoms with Crippen LogP contribution < -0.4 is 10.2 Å². The Morgan fingerprint density at radius 3 is 3.20 bits per heavy atom. The molecule has 0 aliphatic carbocycles. The molecule has 0 bridgehead atoms. The van der Waals surface area contributed by atoms with E-state index >= 15 is 0 Å². The topological polar surface area (TPSA) is 41.8 Å². The van der Waals surface area contributed by atoms with Gasteiger partial charge in [0, 0.05) is 32.4 Å². The molecule has 1 aliphatic rings. The van der Waals surface area contributed by atoms with Crippen molar-refractivity contribution in [1.82, 2.24) is 14.7 Å². The van der Waals surface area contributed by atoms with Gasteiger partial charge in [-0.3, -0.25) is 0 Å². The Balaban J connectivity index is 2.02. The van der Waals surface area contributed by atoms with Crippen molar-refractivity contribution in [3.8, 4) is 0 Å². The van der Waals surface area contributed by atoms with Gasteiger partial charge in [0.1, 0.15) is 5.65 Å². The molecule has 1 fully saturated rings. The van der Waals surface area contributed by atoms with E-state index in [0.29, 0.717) is 0 Å². The van der Waals surface area contributed by atoms with Crippen LogP contribution in [-0.4, -0.2) is 42.2 Å². The molecule has 3 rings (SSSR count). The predicted octanol–water partition coefficient (Wildman–Crippen LogP) is 1.67. The highest BCUT2D eigenvalue weighted by atomic mass is 16.5. The van der Waals surface area contributed by atoms with Gasteiger partial charge in [-0.15, -0.1) is 0 Å². The van der Waals surface area contributed by atoms with Crippen molar-refractivity contribution in [2.75, 3.05) is 31.6 Å². The van der Waals surface area contributed by atoms with Gasteiger partial charge in [0.15, 0.2) is 5.82 Å². The molecule has 2 aromatic rings. The molecule has 2 aromatic heterocycles. The van der Waals surface area contributed by atoms with E-state index in [2.05, 4.69) is 33.8 Å². The van der Waals surface area contributed by atoms with Gasteiger partial charge in [-0.2, -0.15) is 0 Å². The Hall–Kier alpha value is -1.59. The lowest BCUT2D eigenvalue weighted by Crippen LogP contribution is -2.31. The number of hydrogen-bond donors (Lipinski definition) is 1. The van der Waals surface area contributed by atoms with Gasteiger partial charge in [-0.05, 0) is 32.5 Å². The lowest BCUT2D eigenvalue weighted by Gasteiger charge is -2.23. The van der Waals surface area contributed by atoms with Crippen molar-refractivity contribution in [3.05, 3.63) is 30.1 Å². The molecule has 0 radical (unpaired) electrons. The molecule has 1 aliphatic heterocycles. The summed E-state index contributed by atoms with van der Waals surface area (Å²) in [6, 6.07) is 6.13. The standard InChI is InChI=1S/C15H22N4O/c1-12-11-18(7-5-9-20-12)15-13(10-16-2)19-8-4-3-6-14(19)17-15/h3-4,6,8,12,16H,5,7,9-11H2,1-2H3. The number of nitrogens with one attached hydrogen (secondary N) is 1. The summed E-state index contributed by atoms with van der Waals surface area (Å²) in [4.78, 5) is 7.18. The van der Waals surface area contributed by atoms with E-state index in [-0.39, 0.29) is 6.10 Å². The fourth-order valence-electron chi connectivity index (χ4n) is 2.81. The number of anilines is 1. The molecule has 0 amide bonds. The molecule has 1 N–H and O–H groups in total. The normalized spacial score (nSPS) is 20.3. The second kappa shape index (κ2) is 5.81. The van der Waals surface area contributed by atoms with E-state index in [1.807, 2.05) is 19.2 Å². The molecule has 1 unspecified atom stereocenters. The minimum atomic E-state index is 0.254.